The van der Waals surface area contributed by atoms with Crippen molar-refractivity contribution < 1.29 is 5.11 Å². The zero-order valence-corrected chi connectivity index (χ0v) is 12.2. The van der Waals surface area contributed by atoms with E-state index in [-0.39, 0.29) is 0 Å². The van der Waals surface area contributed by atoms with E-state index >= 15 is 0 Å². The zero-order chi connectivity index (χ0) is 13.8. The highest BCUT2D eigenvalue weighted by Crippen LogP contribution is 2.19. The van der Waals surface area contributed by atoms with Crippen molar-refractivity contribution in [2.75, 3.05) is 37.6 Å². The molecular weight excluding hydrogens is 238 g/mol. The summed E-state index contributed by atoms with van der Waals surface area (Å²) in [6.45, 7) is 11.7. The fourth-order valence-electron chi connectivity index (χ4n) is 2.54. The molecule has 1 aromatic rings. The van der Waals surface area contributed by atoms with Crippen molar-refractivity contribution in [1.82, 2.24) is 9.88 Å². The quantitative estimate of drug-likeness (QED) is 0.901. The average Bonchev–Trinajstić information content (AvgIpc) is 2.39. The van der Waals surface area contributed by atoms with Gasteiger partial charge in [0.1, 0.15) is 5.82 Å². The van der Waals surface area contributed by atoms with Gasteiger partial charge in [0, 0.05) is 38.9 Å². The summed E-state index contributed by atoms with van der Waals surface area (Å²) in [6, 6.07) is 3.88. The van der Waals surface area contributed by atoms with Crippen molar-refractivity contribution in [3.05, 3.63) is 23.9 Å². The predicted octanol–water partition coefficient (Wildman–Crippen LogP) is 1.91. The van der Waals surface area contributed by atoms with Gasteiger partial charge in [-0.25, -0.2) is 4.98 Å². The number of aromatic nitrogens is 1. The molecule has 4 nitrogen and oxygen atoms in total. The first kappa shape index (κ1) is 14.3. The molecule has 4 heteroatoms. The van der Waals surface area contributed by atoms with E-state index in [2.05, 4.69) is 28.6 Å². The molecular formula is C15H25N3O. The molecule has 1 aliphatic heterocycles. The third-order valence-corrected chi connectivity index (χ3v) is 3.57. The molecule has 0 amide bonds. The summed E-state index contributed by atoms with van der Waals surface area (Å²) >= 11 is 0. The van der Waals surface area contributed by atoms with Crippen LogP contribution in [-0.2, 0) is 0 Å². The molecule has 106 valence electrons. The lowest BCUT2D eigenvalue weighted by atomic mass is 10.1. The lowest BCUT2D eigenvalue weighted by Gasteiger charge is -2.36. The Morgan fingerprint density at radius 1 is 1.21 bits per heavy atom. The van der Waals surface area contributed by atoms with Crippen LogP contribution in [0.4, 0.5) is 5.82 Å². The second kappa shape index (κ2) is 6.35. The number of aliphatic hydroxyl groups is 1. The van der Waals surface area contributed by atoms with Crippen LogP contribution < -0.4 is 4.90 Å². The first-order valence-electron chi connectivity index (χ1n) is 7.17. The summed E-state index contributed by atoms with van der Waals surface area (Å²) in [5.41, 5.74) is 0.939. The summed E-state index contributed by atoms with van der Waals surface area (Å²) < 4.78 is 0. The van der Waals surface area contributed by atoms with Gasteiger partial charge in [-0.05, 0) is 30.5 Å². The van der Waals surface area contributed by atoms with Crippen molar-refractivity contribution in [2.45, 2.75) is 26.9 Å². The molecule has 2 rings (SSSR count). The lowest BCUT2D eigenvalue weighted by molar-refractivity contribution is 0.199. The van der Waals surface area contributed by atoms with Gasteiger partial charge in [-0.2, -0.15) is 0 Å². The first-order valence-corrected chi connectivity index (χ1v) is 7.17. The summed E-state index contributed by atoms with van der Waals surface area (Å²) in [5, 5.41) is 9.63. The monoisotopic (exact) mass is 263 g/mol. The SMILES string of the molecule is CC(C)CN1CCN(c2cc(C(C)O)ccn2)CC1. The highest BCUT2D eigenvalue weighted by Gasteiger charge is 2.18. The van der Waals surface area contributed by atoms with Crippen LogP contribution >= 0.6 is 0 Å². The largest absolute Gasteiger partial charge is 0.389 e. The molecule has 1 N–H and O–H groups in total. The van der Waals surface area contributed by atoms with Gasteiger partial charge in [-0.1, -0.05) is 13.8 Å². The number of aliphatic hydroxyl groups excluding tert-OH is 1. The van der Waals surface area contributed by atoms with Crippen molar-refractivity contribution in [3.8, 4) is 0 Å². The molecule has 2 heterocycles. The van der Waals surface area contributed by atoms with Crippen LogP contribution in [-0.4, -0.2) is 47.7 Å². The van der Waals surface area contributed by atoms with Crippen LogP contribution in [0.5, 0.6) is 0 Å². The van der Waals surface area contributed by atoms with Crippen LogP contribution in [0, 0.1) is 5.92 Å². The van der Waals surface area contributed by atoms with E-state index in [1.807, 2.05) is 12.1 Å². The number of pyridine rings is 1. The Morgan fingerprint density at radius 2 is 1.89 bits per heavy atom. The van der Waals surface area contributed by atoms with E-state index in [1.165, 1.54) is 6.54 Å². The van der Waals surface area contributed by atoms with E-state index in [4.69, 9.17) is 0 Å². The highest BCUT2D eigenvalue weighted by molar-refractivity contribution is 5.42. The fraction of sp³-hybridized carbons (Fsp3) is 0.667. The molecule has 1 aliphatic rings. The lowest BCUT2D eigenvalue weighted by Crippen LogP contribution is -2.47. The number of anilines is 1. The van der Waals surface area contributed by atoms with Crippen LogP contribution in [0.2, 0.25) is 0 Å². The van der Waals surface area contributed by atoms with E-state index in [1.54, 1.807) is 13.1 Å². The average molecular weight is 263 g/mol. The van der Waals surface area contributed by atoms with E-state index < -0.39 is 6.10 Å². The number of hydrogen-bond donors (Lipinski definition) is 1. The van der Waals surface area contributed by atoms with Crippen LogP contribution in [0.3, 0.4) is 0 Å². The summed E-state index contributed by atoms with van der Waals surface area (Å²) in [5.74, 6) is 1.71. The number of piperazine rings is 1. The summed E-state index contributed by atoms with van der Waals surface area (Å²) in [4.78, 5) is 9.25. The van der Waals surface area contributed by atoms with Crippen molar-refractivity contribution >= 4 is 5.82 Å². The van der Waals surface area contributed by atoms with Crippen molar-refractivity contribution in [2.24, 2.45) is 5.92 Å². The smallest absolute Gasteiger partial charge is 0.128 e. The van der Waals surface area contributed by atoms with Crippen LogP contribution in [0.25, 0.3) is 0 Å². The van der Waals surface area contributed by atoms with E-state index in [0.29, 0.717) is 0 Å². The fourth-order valence-corrected chi connectivity index (χ4v) is 2.54. The Hall–Kier alpha value is -1.13. The van der Waals surface area contributed by atoms with Gasteiger partial charge in [0.15, 0.2) is 0 Å². The minimum Gasteiger partial charge on any atom is -0.389 e. The van der Waals surface area contributed by atoms with Gasteiger partial charge in [0.25, 0.3) is 0 Å². The van der Waals surface area contributed by atoms with Gasteiger partial charge in [0.2, 0.25) is 0 Å². The Kier molecular flexibility index (Phi) is 4.77. The molecule has 19 heavy (non-hydrogen) atoms. The van der Waals surface area contributed by atoms with Gasteiger partial charge >= 0.3 is 0 Å². The molecule has 0 radical (unpaired) electrons. The van der Waals surface area contributed by atoms with E-state index in [9.17, 15) is 5.11 Å². The normalized spacial score (nSPS) is 18.9. The zero-order valence-electron chi connectivity index (χ0n) is 12.2. The number of nitrogens with zero attached hydrogens (tertiary/aromatic N) is 3. The van der Waals surface area contributed by atoms with Crippen molar-refractivity contribution in [3.63, 3.8) is 0 Å². The van der Waals surface area contributed by atoms with Gasteiger partial charge < -0.3 is 10.0 Å². The Bertz CT molecular complexity index is 398. The Balaban J connectivity index is 1.96. The van der Waals surface area contributed by atoms with Gasteiger partial charge in [-0.3, -0.25) is 4.90 Å². The first-order chi connectivity index (χ1) is 9.06. The molecule has 0 saturated carbocycles. The van der Waals surface area contributed by atoms with Crippen LogP contribution in [0.1, 0.15) is 32.4 Å². The van der Waals surface area contributed by atoms with Gasteiger partial charge in [-0.15, -0.1) is 0 Å². The number of hydrogen-bond acceptors (Lipinski definition) is 4. The van der Waals surface area contributed by atoms with Crippen molar-refractivity contribution in [1.29, 1.82) is 0 Å². The molecule has 1 aromatic heterocycles. The predicted molar refractivity (Wildman–Crippen MR) is 78.4 cm³/mol. The second-order valence-electron chi connectivity index (χ2n) is 5.80. The number of rotatable bonds is 4. The maximum atomic E-state index is 9.63. The van der Waals surface area contributed by atoms with Crippen LogP contribution in [0.15, 0.2) is 18.3 Å². The molecule has 0 aliphatic carbocycles. The highest BCUT2D eigenvalue weighted by atomic mass is 16.3. The molecule has 1 fully saturated rings. The summed E-state index contributed by atoms with van der Waals surface area (Å²) in [6.07, 6.45) is 1.36. The molecule has 0 spiro atoms. The second-order valence-corrected chi connectivity index (χ2v) is 5.80. The standard InChI is InChI=1S/C15H25N3O/c1-12(2)11-17-6-8-18(9-7-17)15-10-14(13(3)19)4-5-16-15/h4-5,10,12-13,19H,6-9,11H2,1-3H3. The maximum Gasteiger partial charge on any atom is 0.128 e. The molecule has 0 bridgehead atoms. The minimum atomic E-state index is -0.427. The molecule has 1 saturated heterocycles. The summed E-state index contributed by atoms with van der Waals surface area (Å²) in [7, 11) is 0. The Morgan fingerprint density at radius 3 is 2.47 bits per heavy atom. The third-order valence-electron chi connectivity index (χ3n) is 3.57. The topological polar surface area (TPSA) is 39.6 Å². The maximum absolute atomic E-state index is 9.63. The molecule has 0 aromatic carbocycles. The molecule has 1 unspecified atom stereocenters. The Labute approximate surface area is 116 Å². The minimum absolute atomic E-state index is 0.427. The molecule has 1 atom stereocenters. The third kappa shape index (κ3) is 3.91. The van der Waals surface area contributed by atoms with E-state index in [0.717, 1.165) is 43.5 Å². The van der Waals surface area contributed by atoms with Gasteiger partial charge in [0.05, 0.1) is 6.10 Å².